The Bertz CT molecular complexity index is 623. The van der Waals surface area contributed by atoms with E-state index in [1.54, 1.807) is 12.1 Å². The highest BCUT2D eigenvalue weighted by molar-refractivity contribution is 9.10. The molecule has 0 aliphatic heterocycles. The van der Waals surface area contributed by atoms with Crippen molar-refractivity contribution in [1.29, 1.82) is 0 Å². The highest BCUT2D eigenvalue weighted by Crippen LogP contribution is 2.24. The first-order chi connectivity index (χ1) is 8.50. The SMILES string of the molecule is Cc1cccc(C(=O)c2c(F)ccc(Br)c2F)c1. The number of aryl methyl sites for hydroxylation is 1. The number of carbonyl (C=O) groups excluding carboxylic acids is 1. The van der Waals surface area contributed by atoms with Gasteiger partial charge in [-0.1, -0.05) is 23.8 Å². The molecule has 0 fully saturated rings. The summed E-state index contributed by atoms with van der Waals surface area (Å²) in [6.45, 7) is 1.81. The number of carbonyl (C=O) groups is 1. The van der Waals surface area contributed by atoms with Gasteiger partial charge in [0.05, 0.1) is 10.0 Å². The van der Waals surface area contributed by atoms with Crippen LogP contribution in [0.3, 0.4) is 0 Å². The molecular weight excluding hydrogens is 302 g/mol. The van der Waals surface area contributed by atoms with Crippen LogP contribution in [0.15, 0.2) is 40.9 Å². The minimum atomic E-state index is -0.874. The molecule has 0 spiro atoms. The number of hydrogen-bond donors (Lipinski definition) is 0. The molecule has 0 heterocycles. The van der Waals surface area contributed by atoms with Gasteiger partial charge < -0.3 is 0 Å². The third-order valence-electron chi connectivity index (χ3n) is 2.55. The van der Waals surface area contributed by atoms with Gasteiger partial charge >= 0.3 is 0 Å². The fraction of sp³-hybridized carbons (Fsp3) is 0.0714. The highest BCUT2D eigenvalue weighted by Gasteiger charge is 2.20. The van der Waals surface area contributed by atoms with Crippen molar-refractivity contribution < 1.29 is 13.6 Å². The summed E-state index contributed by atoms with van der Waals surface area (Å²) in [5.74, 6) is -2.39. The quantitative estimate of drug-likeness (QED) is 0.598. The third-order valence-corrected chi connectivity index (χ3v) is 3.16. The van der Waals surface area contributed by atoms with Crippen LogP contribution in [0.4, 0.5) is 8.78 Å². The molecule has 0 aliphatic carbocycles. The Morgan fingerprint density at radius 2 is 1.89 bits per heavy atom. The maximum absolute atomic E-state index is 13.8. The smallest absolute Gasteiger partial charge is 0.198 e. The van der Waals surface area contributed by atoms with Gasteiger partial charge in [-0.25, -0.2) is 8.78 Å². The summed E-state index contributed by atoms with van der Waals surface area (Å²) in [5, 5.41) is 0. The van der Waals surface area contributed by atoms with Crippen LogP contribution in [0.5, 0.6) is 0 Å². The minimum absolute atomic E-state index is 0.0694. The van der Waals surface area contributed by atoms with Gasteiger partial charge in [-0.15, -0.1) is 0 Å². The van der Waals surface area contributed by atoms with Crippen molar-refractivity contribution in [3.63, 3.8) is 0 Å². The van der Waals surface area contributed by atoms with Gasteiger partial charge in [0.15, 0.2) is 11.6 Å². The van der Waals surface area contributed by atoms with E-state index < -0.39 is 23.0 Å². The van der Waals surface area contributed by atoms with Gasteiger partial charge in [-0.2, -0.15) is 0 Å². The largest absolute Gasteiger partial charge is 0.288 e. The van der Waals surface area contributed by atoms with E-state index in [0.717, 1.165) is 11.6 Å². The van der Waals surface area contributed by atoms with E-state index in [1.807, 2.05) is 13.0 Å². The fourth-order valence-electron chi connectivity index (χ4n) is 1.67. The molecular formula is C14H9BrF2O. The molecule has 0 unspecified atom stereocenters. The Hall–Kier alpha value is -1.55. The van der Waals surface area contributed by atoms with Crippen molar-refractivity contribution in [3.8, 4) is 0 Å². The third kappa shape index (κ3) is 2.34. The Morgan fingerprint density at radius 1 is 1.17 bits per heavy atom. The molecule has 2 aromatic rings. The molecule has 0 radical (unpaired) electrons. The lowest BCUT2D eigenvalue weighted by molar-refractivity contribution is 0.103. The van der Waals surface area contributed by atoms with E-state index >= 15 is 0 Å². The van der Waals surface area contributed by atoms with Crippen LogP contribution in [0, 0.1) is 18.6 Å². The van der Waals surface area contributed by atoms with Crippen LogP contribution in [-0.2, 0) is 0 Å². The number of hydrogen-bond acceptors (Lipinski definition) is 1. The zero-order chi connectivity index (χ0) is 13.3. The van der Waals surface area contributed by atoms with Crippen LogP contribution >= 0.6 is 15.9 Å². The van der Waals surface area contributed by atoms with Crippen molar-refractivity contribution in [2.75, 3.05) is 0 Å². The lowest BCUT2D eigenvalue weighted by Gasteiger charge is -2.06. The Labute approximate surface area is 112 Å². The standard InChI is InChI=1S/C14H9BrF2O/c1-8-3-2-4-9(7-8)14(18)12-11(16)6-5-10(15)13(12)17/h2-7H,1H3. The van der Waals surface area contributed by atoms with E-state index in [1.165, 1.54) is 12.1 Å². The molecule has 0 atom stereocenters. The van der Waals surface area contributed by atoms with E-state index in [-0.39, 0.29) is 10.0 Å². The van der Waals surface area contributed by atoms with Crippen LogP contribution in [0.2, 0.25) is 0 Å². The zero-order valence-electron chi connectivity index (χ0n) is 9.51. The van der Waals surface area contributed by atoms with Crippen molar-refractivity contribution in [1.82, 2.24) is 0 Å². The van der Waals surface area contributed by atoms with Gasteiger partial charge in [0.2, 0.25) is 0 Å². The molecule has 0 saturated carbocycles. The summed E-state index contributed by atoms with van der Waals surface area (Å²) < 4.78 is 27.4. The Kier molecular flexibility index (Phi) is 3.57. The van der Waals surface area contributed by atoms with Crippen LogP contribution in [0.25, 0.3) is 0 Å². The van der Waals surface area contributed by atoms with Crippen molar-refractivity contribution >= 4 is 21.7 Å². The van der Waals surface area contributed by atoms with Gasteiger partial charge in [0, 0.05) is 5.56 Å². The Balaban J connectivity index is 2.56. The predicted octanol–water partition coefficient (Wildman–Crippen LogP) is 4.27. The molecule has 4 heteroatoms. The lowest BCUT2D eigenvalue weighted by Crippen LogP contribution is -2.08. The molecule has 0 amide bonds. The number of benzene rings is 2. The van der Waals surface area contributed by atoms with E-state index in [4.69, 9.17) is 0 Å². The molecule has 0 bridgehead atoms. The molecule has 0 aliphatic rings. The van der Waals surface area contributed by atoms with Crippen molar-refractivity contribution in [2.24, 2.45) is 0 Å². The van der Waals surface area contributed by atoms with Crippen LogP contribution in [0.1, 0.15) is 21.5 Å². The second-order valence-corrected chi connectivity index (χ2v) is 4.77. The summed E-state index contributed by atoms with van der Waals surface area (Å²) in [5.41, 5.74) is 0.595. The predicted molar refractivity (Wildman–Crippen MR) is 68.7 cm³/mol. The first-order valence-electron chi connectivity index (χ1n) is 5.25. The van der Waals surface area contributed by atoms with E-state index in [9.17, 15) is 13.6 Å². The Morgan fingerprint density at radius 3 is 2.56 bits per heavy atom. The summed E-state index contributed by atoms with van der Waals surface area (Å²) >= 11 is 2.94. The molecule has 2 aromatic carbocycles. The lowest BCUT2D eigenvalue weighted by atomic mass is 10.0. The van der Waals surface area contributed by atoms with Crippen molar-refractivity contribution in [3.05, 3.63) is 69.2 Å². The molecule has 92 valence electrons. The first kappa shape index (κ1) is 12.9. The number of halogens is 3. The highest BCUT2D eigenvalue weighted by atomic mass is 79.9. The fourth-order valence-corrected chi connectivity index (χ4v) is 2.00. The molecule has 2 rings (SSSR count). The zero-order valence-corrected chi connectivity index (χ0v) is 11.1. The molecule has 0 N–H and O–H groups in total. The van der Waals surface area contributed by atoms with Crippen LogP contribution < -0.4 is 0 Å². The summed E-state index contributed by atoms with van der Waals surface area (Å²) in [4.78, 5) is 12.1. The average Bonchev–Trinajstić information content (AvgIpc) is 2.34. The molecule has 0 aromatic heterocycles. The first-order valence-corrected chi connectivity index (χ1v) is 6.05. The van der Waals surface area contributed by atoms with Gasteiger partial charge in [0.1, 0.15) is 5.82 Å². The maximum Gasteiger partial charge on any atom is 0.198 e. The van der Waals surface area contributed by atoms with Crippen LogP contribution in [-0.4, -0.2) is 5.78 Å². The maximum atomic E-state index is 13.8. The molecule has 0 saturated heterocycles. The number of ketones is 1. The number of rotatable bonds is 2. The second kappa shape index (κ2) is 4.98. The van der Waals surface area contributed by atoms with E-state index in [2.05, 4.69) is 15.9 Å². The molecule has 18 heavy (non-hydrogen) atoms. The topological polar surface area (TPSA) is 17.1 Å². The summed E-state index contributed by atoms with van der Waals surface area (Å²) in [6, 6.07) is 8.92. The monoisotopic (exact) mass is 310 g/mol. The minimum Gasteiger partial charge on any atom is -0.288 e. The normalized spacial score (nSPS) is 10.4. The summed E-state index contributed by atoms with van der Waals surface area (Å²) in [7, 11) is 0. The van der Waals surface area contributed by atoms with Gasteiger partial charge in [0.25, 0.3) is 0 Å². The average molecular weight is 311 g/mol. The molecule has 1 nitrogen and oxygen atoms in total. The summed E-state index contributed by atoms with van der Waals surface area (Å²) in [6.07, 6.45) is 0. The van der Waals surface area contributed by atoms with Gasteiger partial charge in [-0.05, 0) is 41.1 Å². The van der Waals surface area contributed by atoms with Gasteiger partial charge in [-0.3, -0.25) is 4.79 Å². The van der Waals surface area contributed by atoms with Crippen molar-refractivity contribution in [2.45, 2.75) is 6.92 Å². The van der Waals surface area contributed by atoms with E-state index in [0.29, 0.717) is 0 Å². The second-order valence-electron chi connectivity index (χ2n) is 3.92.